The maximum Gasteiger partial charge on any atom is 0.253 e. The Balaban J connectivity index is 1.52. The molecule has 8 heteroatoms. The number of anilines is 2. The molecule has 0 aromatic heterocycles. The quantitative estimate of drug-likeness (QED) is 0.654. The van der Waals surface area contributed by atoms with Gasteiger partial charge < -0.3 is 20.4 Å². The molecule has 0 radical (unpaired) electrons. The van der Waals surface area contributed by atoms with Crippen LogP contribution in [0.15, 0.2) is 42.5 Å². The third-order valence-corrected chi connectivity index (χ3v) is 6.29. The summed E-state index contributed by atoms with van der Waals surface area (Å²) in [4.78, 5) is 41.7. The fourth-order valence-corrected chi connectivity index (χ4v) is 4.17. The number of carbonyl (C=O) groups excluding carboxylic acids is 3. The summed E-state index contributed by atoms with van der Waals surface area (Å²) in [5, 5.41) is 5.73. The van der Waals surface area contributed by atoms with Crippen LogP contribution < -0.4 is 15.5 Å². The first-order valence-electron chi connectivity index (χ1n) is 11.9. The lowest BCUT2D eigenvalue weighted by atomic mass is 10.1. The number of nitrogens with one attached hydrogen (secondary N) is 2. The average molecular weight is 467 g/mol. The minimum atomic E-state index is -0.327. The molecule has 2 aliphatic rings. The maximum atomic E-state index is 13.2. The van der Waals surface area contributed by atoms with Gasteiger partial charge in [-0.1, -0.05) is 19.1 Å². The van der Waals surface area contributed by atoms with Gasteiger partial charge in [0.1, 0.15) is 5.82 Å². The van der Waals surface area contributed by atoms with Gasteiger partial charge in [-0.05, 0) is 55.2 Å². The van der Waals surface area contributed by atoms with Crippen LogP contribution in [-0.2, 0) is 16.1 Å². The van der Waals surface area contributed by atoms with Crippen molar-refractivity contribution in [1.29, 1.82) is 0 Å². The molecule has 2 N–H and O–H groups in total. The van der Waals surface area contributed by atoms with Crippen molar-refractivity contribution in [3.05, 3.63) is 59.4 Å². The van der Waals surface area contributed by atoms with Crippen LogP contribution in [-0.4, -0.2) is 48.8 Å². The molecule has 1 saturated heterocycles. The molecule has 1 aliphatic carbocycles. The molecular weight excluding hydrogens is 435 g/mol. The van der Waals surface area contributed by atoms with Crippen molar-refractivity contribution in [2.24, 2.45) is 5.92 Å². The summed E-state index contributed by atoms with van der Waals surface area (Å²) in [5.74, 6) is -0.291. The van der Waals surface area contributed by atoms with Crippen molar-refractivity contribution in [3.8, 4) is 0 Å². The summed E-state index contributed by atoms with van der Waals surface area (Å²) < 4.78 is 13.2. The molecule has 1 saturated carbocycles. The van der Waals surface area contributed by atoms with Gasteiger partial charge in [-0.3, -0.25) is 14.4 Å². The van der Waals surface area contributed by atoms with Crippen LogP contribution in [0.2, 0.25) is 0 Å². The number of hydrogen-bond acceptors (Lipinski definition) is 4. The monoisotopic (exact) mass is 466 g/mol. The predicted molar refractivity (Wildman–Crippen MR) is 129 cm³/mol. The van der Waals surface area contributed by atoms with Gasteiger partial charge in [-0.2, -0.15) is 0 Å². The number of rotatable bonds is 7. The summed E-state index contributed by atoms with van der Waals surface area (Å²) in [6.45, 7) is 4.74. The molecule has 3 amide bonds. The highest BCUT2D eigenvalue weighted by Gasteiger charge is 2.34. The van der Waals surface area contributed by atoms with Crippen molar-refractivity contribution in [1.82, 2.24) is 10.2 Å². The van der Waals surface area contributed by atoms with Gasteiger partial charge >= 0.3 is 0 Å². The zero-order chi connectivity index (χ0) is 24.1. The summed E-state index contributed by atoms with van der Waals surface area (Å²) in [5.41, 5.74) is 2.57. The second kappa shape index (κ2) is 10.7. The van der Waals surface area contributed by atoms with E-state index in [1.807, 2.05) is 11.0 Å². The zero-order valence-corrected chi connectivity index (χ0v) is 19.5. The maximum absolute atomic E-state index is 13.2. The largest absolute Gasteiger partial charge is 0.369 e. The number of hydrogen-bond donors (Lipinski definition) is 2. The van der Waals surface area contributed by atoms with E-state index in [0.29, 0.717) is 30.8 Å². The highest BCUT2D eigenvalue weighted by molar-refractivity contribution is 6.02. The van der Waals surface area contributed by atoms with Crippen molar-refractivity contribution < 1.29 is 18.8 Å². The second-order valence-corrected chi connectivity index (χ2v) is 8.88. The Morgan fingerprint density at radius 1 is 1.00 bits per heavy atom. The van der Waals surface area contributed by atoms with Crippen LogP contribution in [0, 0.1) is 11.7 Å². The van der Waals surface area contributed by atoms with E-state index in [2.05, 4.69) is 15.5 Å². The molecule has 0 spiro atoms. The number of carbonyl (C=O) groups is 3. The molecule has 0 bridgehead atoms. The molecule has 1 heterocycles. The molecule has 7 nitrogen and oxygen atoms in total. The molecule has 2 aromatic carbocycles. The third-order valence-electron chi connectivity index (χ3n) is 6.29. The van der Waals surface area contributed by atoms with E-state index in [1.165, 1.54) is 12.1 Å². The fourth-order valence-electron chi connectivity index (χ4n) is 4.17. The van der Waals surface area contributed by atoms with Crippen molar-refractivity contribution in [2.45, 2.75) is 39.2 Å². The SMILES string of the molecule is CCC(=O)Nc1ccc(N2CCCN(C(=O)C3CC3)CC2)c(C(=O)NCc2ccc(F)cc2)c1. The normalized spacial score (nSPS) is 16.1. The van der Waals surface area contributed by atoms with Gasteiger partial charge in [0.2, 0.25) is 11.8 Å². The van der Waals surface area contributed by atoms with Gasteiger partial charge in [0.15, 0.2) is 0 Å². The topological polar surface area (TPSA) is 81.8 Å². The summed E-state index contributed by atoms with van der Waals surface area (Å²) in [6, 6.07) is 11.3. The molecule has 4 rings (SSSR count). The van der Waals surface area contributed by atoms with E-state index in [4.69, 9.17) is 0 Å². The third kappa shape index (κ3) is 5.92. The minimum Gasteiger partial charge on any atom is -0.369 e. The smallest absolute Gasteiger partial charge is 0.253 e. The summed E-state index contributed by atoms with van der Waals surface area (Å²) in [6.07, 6.45) is 3.14. The van der Waals surface area contributed by atoms with Gasteiger partial charge in [0, 0.05) is 56.4 Å². The molecule has 180 valence electrons. The van der Waals surface area contributed by atoms with E-state index in [0.717, 1.165) is 43.6 Å². The van der Waals surface area contributed by atoms with E-state index >= 15 is 0 Å². The molecule has 2 fully saturated rings. The Kier molecular flexibility index (Phi) is 7.45. The fraction of sp³-hybridized carbons (Fsp3) is 0.423. The van der Waals surface area contributed by atoms with Crippen LogP contribution >= 0.6 is 0 Å². The molecule has 34 heavy (non-hydrogen) atoms. The number of nitrogens with zero attached hydrogens (tertiary/aromatic N) is 2. The first kappa shape index (κ1) is 23.7. The zero-order valence-electron chi connectivity index (χ0n) is 19.5. The Morgan fingerprint density at radius 2 is 1.76 bits per heavy atom. The summed E-state index contributed by atoms with van der Waals surface area (Å²) in [7, 11) is 0. The lowest BCUT2D eigenvalue weighted by Gasteiger charge is -2.26. The minimum absolute atomic E-state index is 0.130. The van der Waals surface area contributed by atoms with Gasteiger partial charge in [-0.25, -0.2) is 4.39 Å². The Labute approximate surface area is 199 Å². The van der Waals surface area contributed by atoms with E-state index in [9.17, 15) is 18.8 Å². The van der Waals surface area contributed by atoms with Gasteiger partial charge in [0.05, 0.1) is 5.56 Å². The van der Waals surface area contributed by atoms with E-state index < -0.39 is 0 Å². The van der Waals surface area contributed by atoms with Crippen molar-refractivity contribution in [2.75, 3.05) is 36.4 Å². The lowest BCUT2D eigenvalue weighted by molar-refractivity contribution is -0.132. The van der Waals surface area contributed by atoms with E-state index in [1.54, 1.807) is 31.2 Å². The Morgan fingerprint density at radius 3 is 2.47 bits per heavy atom. The van der Waals surface area contributed by atoms with Gasteiger partial charge in [0.25, 0.3) is 5.91 Å². The first-order valence-corrected chi connectivity index (χ1v) is 11.9. The molecule has 0 atom stereocenters. The van der Waals surface area contributed by atoms with Gasteiger partial charge in [-0.15, -0.1) is 0 Å². The van der Waals surface area contributed by atoms with Crippen LogP contribution in [0.5, 0.6) is 0 Å². The Bertz CT molecular complexity index is 1050. The van der Waals surface area contributed by atoms with Crippen LogP contribution in [0.1, 0.15) is 48.5 Å². The Hall–Kier alpha value is -3.42. The molecule has 2 aromatic rings. The average Bonchev–Trinajstić information content (AvgIpc) is 3.70. The number of benzene rings is 2. The standard InChI is InChI=1S/C26H31FN4O3/c1-2-24(32)29-21-10-11-23(30-12-3-13-31(15-14-30)26(34)19-6-7-19)22(16-21)25(33)28-17-18-4-8-20(27)9-5-18/h4-5,8-11,16,19H,2-3,6-7,12-15,17H2,1H3,(H,28,33)(H,29,32). The van der Waals surface area contributed by atoms with Crippen LogP contribution in [0.4, 0.5) is 15.8 Å². The first-order chi connectivity index (χ1) is 16.4. The van der Waals surface area contributed by atoms with Crippen molar-refractivity contribution >= 4 is 29.1 Å². The predicted octanol–water partition coefficient (Wildman–Crippen LogP) is 3.55. The van der Waals surface area contributed by atoms with Crippen LogP contribution in [0.3, 0.4) is 0 Å². The van der Waals surface area contributed by atoms with E-state index in [-0.39, 0.29) is 36.0 Å². The number of amides is 3. The highest BCUT2D eigenvalue weighted by Crippen LogP contribution is 2.32. The highest BCUT2D eigenvalue weighted by atomic mass is 19.1. The molecule has 1 aliphatic heterocycles. The second-order valence-electron chi connectivity index (χ2n) is 8.88. The molecular formula is C26H31FN4O3. The van der Waals surface area contributed by atoms with Crippen LogP contribution in [0.25, 0.3) is 0 Å². The van der Waals surface area contributed by atoms with Crippen molar-refractivity contribution in [3.63, 3.8) is 0 Å². The molecule has 0 unspecified atom stereocenters. The number of halogens is 1. The summed E-state index contributed by atoms with van der Waals surface area (Å²) >= 11 is 0. The lowest BCUT2D eigenvalue weighted by Crippen LogP contribution is -2.36.